The van der Waals surface area contributed by atoms with E-state index in [2.05, 4.69) is 16.5 Å². The molecule has 3 heterocycles. The molecule has 1 N–H and O–H groups in total. The van der Waals surface area contributed by atoms with Crippen molar-refractivity contribution in [1.29, 1.82) is 0 Å². The molecule has 23 heavy (non-hydrogen) atoms. The lowest BCUT2D eigenvalue weighted by atomic mass is 10.2. The summed E-state index contributed by atoms with van der Waals surface area (Å²) in [6, 6.07) is 3.68. The fourth-order valence-electron chi connectivity index (χ4n) is 2.76. The van der Waals surface area contributed by atoms with E-state index in [0.29, 0.717) is 19.4 Å². The predicted molar refractivity (Wildman–Crippen MR) is 89.4 cm³/mol. The number of hydrogen-bond donors (Lipinski definition) is 1. The van der Waals surface area contributed by atoms with E-state index in [1.807, 2.05) is 24.7 Å². The van der Waals surface area contributed by atoms with Gasteiger partial charge in [0.2, 0.25) is 11.8 Å². The second kappa shape index (κ2) is 6.95. The summed E-state index contributed by atoms with van der Waals surface area (Å²) in [6.45, 7) is 0.616. The van der Waals surface area contributed by atoms with Crippen LogP contribution in [0, 0.1) is 0 Å². The van der Waals surface area contributed by atoms with Crippen LogP contribution in [0.5, 0.6) is 0 Å². The minimum Gasteiger partial charge on any atom is -0.344 e. The topological polar surface area (TPSA) is 67.2 Å². The molecule has 0 bridgehead atoms. The molecule has 122 valence electrons. The molecule has 1 atom stereocenters. The molecule has 1 saturated heterocycles. The molecular weight excluding hydrogens is 312 g/mol. The third-order valence-corrected chi connectivity index (χ3v) is 4.89. The Morgan fingerprint density at radius 3 is 3.09 bits per heavy atom. The van der Waals surface area contributed by atoms with Crippen LogP contribution < -0.4 is 10.2 Å². The van der Waals surface area contributed by atoms with Gasteiger partial charge in [0.1, 0.15) is 6.04 Å². The van der Waals surface area contributed by atoms with Gasteiger partial charge in [-0.1, -0.05) is 6.07 Å². The van der Waals surface area contributed by atoms with Gasteiger partial charge in [0.05, 0.1) is 11.9 Å². The highest BCUT2D eigenvalue weighted by Gasteiger charge is 2.33. The molecule has 0 radical (unpaired) electrons. The first-order valence-electron chi connectivity index (χ1n) is 7.75. The summed E-state index contributed by atoms with van der Waals surface area (Å²) in [6.07, 6.45) is 6.29. The van der Waals surface area contributed by atoms with Crippen LogP contribution in [-0.2, 0) is 23.1 Å². The molecule has 0 aliphatic carbocycles. The number of aryl methyl sites for hydroxylation is 2. The SMILES string of the molecule is Cn1cc(N2CCC(NC(=O)CCCc3cccs3)C2=O)cn1. The fourth-order valence-corrected chi connectivity index (χ4v) is 3.51. The van der Waals surface area contributed by atoms with Crippen molar-refractivity contribution >= 4 is 28.8 Å². The Kier molecular flexibility index (Phi) is 4.76. The largest absolute Gasteiger partial charge is 0.344 e. The Balaban J connectivity index is 1.46. The van der Waals surface area contributed by atoms with Crippen molar-refractivity contribution in [2.45, 2.75) is 31.7 Å². The van der Waals surface area contributed by atoms with Crippen molar-refractivity contribution in [3.8, 4) is 0 Å². The van der Waals surface area contributed by atoms with Crippen molar-refractivity contribution in [2.75, 3.05) is 11.4 Å². The lowest BCUT2D eigenvalue weighted by Crippen LogP contribution is -2.41. The molecule has 1 aliphatic rings. The number of nitrogens with zero attached hydrogens (tertiary/aromatic N) is 3. The molecule has 2 aromatic rings. The summed E-state index contributed by atoms with van der Waals surface area (Å²) in [5.41, 5.74) is 0.784. The van der Waals surface area contributed by atoms with Crippen LogP contribution in [-0.4, -0.2) is 34.2 Å². The zero-order chi connectivity index (χ0) is 16.2. The van der Waals surface area contributed by atoms with Gasteiger partial charge in [0, 0.05) is 31.1 Å². The number of aromatic nitrogens is 2. The standard InChI is InChI=1S/C16H20N4O2S/c1-19-11-12(10-17-19)20-8-7-14(16(20)22)18-15(21)6-2-4-13-5-3-9-23-13/h3,5,9-11,14H,2,4,6-8H2,1H3,(H,18,21). The van der Waals surface area contributed by atoms with Crippen LogP contribution in [0.15, 0.2) is 29.9 Å². The maximum absolute atomic E-state index is 12.4. The number of carbonyl (C=O) groups is 2. The second-order valence-electron chi connectivity index (χ2n) is 5.70. The maximum atomic E-state index is 12.4. The summed E-state index contributed by atoms with van der Waals surface area (Å²) >= 11 is 1.71. The molecule has 1 unspecified atom stereocenters. The lowest BCUT2D eigenvalue weighted by molar-refractivity contribution is -0.126. The van der Waals surface area contributed by atoms with Gasteiger partial charge in [0.15, 0.2) is 0 Å². The van der Waals surface area contributed by atoms with E-state index in [4.69, 9.17) is 0 Å². The van der Waals surface area contributed by atoms with Crippen molar-refractivity contribution in [3.05, 3.63) is 34.8 Å². The van der Waals surface area contributed by atoms with Gasteiger partial charge >= 0.3 is 0 Å². The zero-order valence-electron chi connectivity index (χ0n) is 13.1. The minimum atomic E-state index is -0.413. The zero-order valence-corrected chi connectivity index (χ0v) is 13.9. The van der Waals surface area contributed by atoms with E-state index >= 15 is 0 Å². The lowest BCUT2D eigenvalue weighted by Gasteiger charge is -2.15. The van der Waals surface area contributed by atoms with Crippen molar-refractivity contribution < 1.29 is 9.59 Å². The summed E-state index contributed by atoms with van der Waals surface area (Å²) in [5.74, 6) is -0.0995. The second-order valence-corrected chi connectivity index (χ2v) is 6.74. The molecule has 6 nitrogen and oxygen atoms in total. The fraction of sp³-hybridized carbons (Fsp3) is 0.438. The molecule has 1 aliphatic heterocycles. The number of nitrogens with one attached hydrogen (secondary N) is 1. The van der Waals surface area contributed by atoms with Gasteiger partial charge in [-0.3, -0.25) is 14.3 Å². The molecule has 0 aromatic carbocycles. The summed E-state index contributed by atoms with van der Waals surface area (Å²) in [4.78, 5) is 27.4. The van der Waals surface area contributed by atoms with E-state index in [1.54, 1.807) is 27.1 Å². The van der Waals surface area contributed by atoms with E-state index in [-0.39, 0.29) is 11.8 Å². The quantitative estimate of drug-likeness (QED) is 0.876. The van der Waals surface area contributed by atoms with Gasteiger partial charge in [-0.15, -0.1) is 11.3 Å². The molecule has 7 heteroatoms. The molecule has 2 amide bonds. The van der Waals surface area contributed by atoms with Gasteiger partial charge in [0.25, 0.3) is 0 Å². The van der Waals surface area contributed by atoms with Crippen LogP contribution in [0.4, 0.5) is 5.69 Å². The number of rotatable bonds is 6. The van der Waals surface area contributed by atoms with E-state index in [0.717, 1.165) is 18.5 Å². The normalized spacial score (nSPS) is 17.7. The van der Waals surface area contributed by atoms with Crippen LogP contribution in [0.3, 0.4) is 0 Å². The van der Waals surface area contributed by atoms with Crippen LogP contribution in [0.1, 0.15) is 24.1 Å². The first kappa shape index (κ1) is 15.7. The molecule has 0 saturated carbocycles. The summed E-state index contributed by atoms with van der Waals surface area (Å²) < 4.78 is 1.67. The maximum Gasteiger partial charge on any atom is 0.249 e. The van der Waals surface area contributed by atoms with E-state index in [1.165, 1.54) is 4.88 Å². The molecule has 1 fully saturated rings. The third kappa shape index (κ3) is 3.79. The predicted octanol–water partition coefficient (Wildman–Crippen LogP) is 1.73. The number of carbonyl (C=O) groups excluding carboxylic acids is 2. The molecular formula is C16H20N4O2S. The number of thiophene rings is 1. The van der Waals surface area contributed by atoms with Crippen molar-refractivity contribution in [1.82, 2.24) is 15.1 Å². The van der Waals surface area contributed by atoms with E-state index in [9.17, 15) is 9.59 Å². The highest BCUT2D eigenvalue weighted by Crippen LogP contribution is 2.20. The Bertz CT molecular complexity index is 680. The van der Waals surface area contributed by atoms with Crippen LogP contribution in [0.25, 0.3) is 0 Å². The van der Waals surface area contributed by atoms with Gasteiger partial charge in [-0.25, -0.2) is 0 Å². The molecule has 0 spiro atoms. The van der Waals surface area contributed by atoms with Crippen molar-refractivity contribution in [3.63, 3.8) is 0 Å². The Labute approximate surface area is 139 Å². The minimum absolute atomic E-state index is 0.0482. The molecule has 2 aromatic heterocycles. The first-order valence-corrected chi connectivity index (χ1v) is 8.63. The van der Waals surface area contributed by atoms with Gasteiger partial charge < -0.3 is 10.2 Å². The number of amides is 2. The molecule has 3 rings (SSSR count). The first-order chi connectivity index (χ1) is 11.1. The van der Waals surface area contributed by atoms with E-state index < -0.39 is 6.04 Å². The average Bonchev–Trinajstić information content (AvgIpc) is 3.23. The van der Waals surface area contributed by atoms with Gasteiger partial charge in [-0.2, -0.15) is 5.10 Å². The van der Waals surface area contributed by atoms with Crippen molar-refractivity contribution in [2.24, 2.45) is 7.05 Å². The highest BCUT2D eigenvalue weighted by molar-refractivity contribution is 7.09. The van der Waals surface area contributed by atoms with Crippen LogP contribution in [0.2, 0.25) is 0 Å². The number of hydrogen-bond acceptors (Lipinski definition) is 4. The average molecular weight is 332 g/mol. The Hall–Kier alpha value is -2.15. The van der Waals surface area contributed by atoms with Crippen LogP contribution >= 0.6 is 11.3 Å². The summed E-state index contributed by atoms with van der Waals surface area (Å²) in [5, 5.41) is 8.99. The summed E-state index contributed by atoms with van der Waals surface area (Å²) in [7, 11) is 1.82. The van der Waals surface area contributed by atoms with Gasteiger partial charge in [-0.05, 0) is 30.7 Å². The number of anilines is 1. The smallest absolute Gasteiger partial charge is 0.249 e. The third-order valence-electron chi connectivity index (χ3n) is 3.95. The highest BCUT2D eigenvalue weighted by atomic mass is 32.1. The monoisotopic (exact) mass is 332 g/mol. The Morgan fingerprint density at radius 1 is 1.52 bits per heavy atom. The Morgan fingerprint density at radius 2 is 2.39 bits per heavy atom.